The molecule has 0 aliphatic carbocycles. The monoisotopic (exact) mass is 376 g/mol. The van der Waals surface area contributed by atoms with Crippen molar-refractivity contribution in [2.24, 2.45) is 14.1 Å². The van der Waals surface area contributed by atoms with E-state index in [1.165, 1.54) is 26.8 Å². The highest BCUT2D eigenvalue weighted by molar-refractivity contribution is 7.25. The van der Waals surface area contributed by atoms with Gasteiger partial charge in [0.05, 0.1) is 11.8 Å². The fourth-order valence-corrected chi connectivity index (χ4v) is 4.50. The van der Waals surface area contributed by atoms with Gasteiger partial charge in [-0.15, -0.1) is 11.3 Å². The molecule has 136 valence electrons. The Morgan fingerprint density at radius 3 is 2.59 bits per heavy atom. The molecule has 5 nitrogen and oxygen atoms in total. The molecule has 4 heterocycles. The summed E-state index contributed by atoms with van der Waals surface area (Å²) in [6.45, 7) is 3.99. The van der Waals surface area contributed by atoms with Crippen molar-refractivity contribution in [2.75, 3.05) is 0 Å². The topological polar surface area (TPSA) is 52.7 Å². The SMILES string of the molecule is Cc1cc(C)c2c(n1)sc1c(=O)n(C)cnc12.Cn1ccc2ccccc21. The lowest BCUT2D eigenvalue weighted by Crippen LogP contribution is -2.15. The number of fused-ring (bicyclic) bond motifs is 4. The molecular weight excluding hydrogens is 356 g/mol. The van der Waals surface area contributed by atoms with E-state index in [1.54, 1.807) is 13.4 Å². The Morgan fingerprint density at radius 1 is 1.04 bits per heavy atom. The minimum absolute atomic E-state index is 0.00458. The molecular formula is C21H20N4OS. The zero-order valence-corrected chi connectivity index (χ0v) is 16.5. The van der Waals surface area contributed by atoms with E-state index in [9.17, 15) is 4.79 Å². The Kier molecular flexibility index (Phi) is 4.28. The Labute approximate surface area is 160 Å². The van der Waals surface area contributed by atoms with Crippen LogP contribution >= 0.6 is 11.3 Å². The smallest absolute Gasteiger partial charge is 0.271 e. The molecule has 4 aromatic heterocycles. The van der Waals surface area contributed by atoms with Crippen LogP contribution in [0.4, 0.5) is 0 Å². The minimum atomic E-state index is -0.00458. The Morgan fingerprint density at radius 2 is 1.81 bits per heavy atom. The summed E-state index contributed by atoms with van der Waals surface area (Å²) in [6, 6.07) is 12.5. The summed E-state index contributed by atoms with van der Waals surface area (Å²) < 4.78 is 4.31. The molecule has 0 amide bonds. The Hall–Kier alpha value is -2.99. The number of aromatic nitrogens is 4. The molecule has 0 saturated heterocycles. The van der Waals surface area contributed by atoms with E-state index in [-0.39, 0.29) is 5.56 Å². The molecule has 0 atom stereocenters. The van der Waals surface area contributed by atoms with Gasteiger partial charge in [0.15, 0.2) is 0 Å². The largest absolute Gasteiger partial charge is 0.351 e. The number of hydrogen-bond acceptors (Lipinski definition) is 4. The van der Waals surface area contributed by atoms with E-state index in [1.807, 2.05) is 19.9 Å². The summed E-state index contributed by atoms with van der Waals surface area (Å²) in [5.41, 5.74) is 4.16. The molecule has 0 unspecified atom stereocenters. The fraction of sp³-hybridized carbons (Fsp3) is 0.190. The molecule has 0 aliphatic rings. The summed E-state index contributed by atoms with van der Waals surface area (Å²) >= 11 is 1.42. The van der Waals surface area contributed by atoms with Gasteiger partial charge >= 0.3 is 0 Å². The second-order valence-electron chi connectivity index (χ2n) is 6.69. The minimum Gasteiger partial charge on any atom is -0.351 e. The zero-order valence-electron chi connectivity index (χ0n) is 15.7. The molecule has 0 fully saturated rings. The molecule has 5 rings (SSSR count). The second kappa shape index (κ2) is 6.63. The van der Waals surface area contributed by atoms with Crippen molar-refractivity contribution in [2.45, 2.75) is 13.8 Å². The Bertz CT molecular complexity index is 1340. The van der Waals surface area contributed by atoms with Crippen LogP contribution in [0, 0.1) is 13.8 Å². The first-order valence-corrected chi connectivity index (χ1v) is 9.49. The highest BCUT2D eigenvalue weighted by Gasteiger charge is 2.13. The Balaban J connectivity index is 0.000000153. The number of pyridine rings is 1. The van der Waals surface area contributed by atoms with Crippen LogP contribution in [0.5, 0.6) is 0 Å². The van der Waals surface area contributed by atoms with Gasteiger partial charge in [0.2, 0.25) is 0 Å². The normalized spacial score (nSPS) is 11.1. The highest BCUT2D eigenvalue weighted by atomic mass is 32.1. The molecule has 0 radical (unpaired) electrons. The molecule has 6 heteroatoms. The van der Waals surface area contributed by atoms with Gasteiger partial charge in [-0.2, -0.15) is 0 Å². The average molecular weight is 376 g/mol. The summed E-state index contributed by atoms with van der Waals surface area (Å²) in [7, 11) is 3.77. The number of aryl methyl sites for hydroxylation is 4. The standard InChI is InChI=1S/C12H11N3OS.C9H9N/c1-6-4-7(2)14-11-8(6)9-10(17-11)12(16)15(3)5-13-9;1-10-7-6-8-4-2-3-5-9(8)10/h4-5H,1-3H3;2-7H,1H3. The maximum Gasteiger partial charge on any atom is 0.271 e. The van der Waals surface area contributed by atoms with E-state index in [2.05, 4.69) is 58.1 Å². The summed E-state index contributed by atoms with van der Waals surface area (Å²) in [4.78, 5) is 21.7. The van der Waals surface area contributed by atoms with E-state index < -0.39 is 0 Å². The van der Waals surface area contributed by atoms with Crippen LogP contribution in [-0.4, -0.2) is 19.1 Å². The molecule has 27 heavy (non-hydrogen) atoms. The highest BCUT2D eigenvalue weighted by Crippen LogP contribution is 2.31. The maximum absolute atomic E-state index is 12.0. The number of thiophene rings is 1. The summed E-state index contributed by atoms with van der Waals surface area (Å²) in [5.74, 6) is 0. The van der Waals surface area contributed by atoms with Crippen molar-refractivity contribution in [3.8, 4) is 0 Å². The molecule has 0 spiro atoms. The van der Waals surface area contributed by atoms with Crippen molar-refractivity contribution < 1.29 is 0 Å². The number of para-hydroxylation sites is 1. The predicted octanol–water partition coefficient (Wildman–Crippen LogP) is 4.34. The van der Waals surface area contributed by atoms with E-state index in [4.69, 9.17) is 0 Å². The molecule has 0 bridgehead atoms. The van der Waals surface area contributed by atoms with E-state index in [0.29, 0.717) is 4.70 Å². The van der Waals surface area contributed by atoms with Crippen molar-refractivity contribution in [1.82, 2.24) is 19.1 Å². The maximum atomic E-state index is 12.0. The van der Waals surface area contributed by atoms with Crippen LogP contribution in [0.3, 0.4) is 0 Å². The van der Waals surface area contributed by atoms with Gasteiger partial charge in [-0.25, -0.2) is 9.97 Å². The zero-order chi connectivity index (χ0) is 19.1. The summed E-state index contributed by atoms with van der Waals surface area (Å²) in [5, 5.41) is 2.32. The van der Waals surface area contributed by atoms with Gasteiger partial charge < -0.3 is 9.13 Å². The van der Waals surface area contributed by atoms with E-state index in [0.717, 1.165) is 27.0 Å². The van der Waals surface area contributed by atoms with Gasteiger partial charge in [-0.1, -0.05) is 18.2 Å². The van der Waals surface area contributed by atoms with Gasteiger partial charge in [0.25, 0.3) is 5.56 Å². The average Bonchev–Trinajstić information content (AvgIpc) is 3.20. The quantitative estimate of drug-likeness (QED) is 0.404. The van der Waals surface area contributed by atoms with Crippen molar-refractivity contribution in [3.05, 3.63) is 70.5 Å². The van der Waals surface area contributed by atoms with Crippen LogP contribution in [-0.2, 0) is 14.1 Å². The van der Waals surface area contributed by atoms with Gasteiger partial charge in [0, 0.05) is 36.9 Å². The summed E-state index contributed by atoms with van der Waals surface area (Å²) in [6.07, 6.45) is 3.64. The lowest BCUT2D eigenvalue weighted by atomic mass is 10.1. The first kappa shape index (κ1) is 17.4. The molecule has 0 saturated carbocycles. The lowest BCUT2D eigenvalue weighted by Gasteiger charge is -1.98. The molecule has 1 aromatic carbocycles. The third-order valence-electron chi connectivity index (χ3n) is 4.63. The molecule has 5 aromatic rings. The number of benzene rings is 1. The van der Waals surface area contributed by atoms with Crippen LogP contribution in [0.1, 0.15) is 11.3 Å². The third-order valence-corrected chi connectivity index (χ3v) is 5.69. The number of hydrogen-bond donors (Lipinski definition) is 0. The predicted molar refractivity (Wildman–Crippen MR) is 113 cm³/mol. The molecule has 0 N–H and O–H groups in total. The lowest BCUT2D eigenvalue weighted by molar-refractivity contribution is 0.845. The van der Waals surface area contributed by atoms with Gasteiger partial charge in [-0.3, -0.25) is 4.79 Å². The van der Waals surface area contributed by atoms with Crippen LogP contribution < -0.4 is 5.56 Å². The second-order valence-corrected chi connectivity index (χ2v) is 7.69. The fourth-order valence-electron chi connectivity index (χ4n) is 3.27. The first-order valence-electron chi connectivity index (χ1n) is 8.68. The van der Waals surface area contributed by atoms with E-state index >= 15 is 0 Å². The first-order chi connectivity index (χ1) is 13.0. The van der Waals surface area contributed by atoms with Crippen molar-refractivity contribution >= 4 is 42.7 Å². The van der Waals surface area contributed by atoms with Crippen LogP contribution in [0.25, 0.3) is 31.3 Å². The third kappa shape index (κ3) is 3.02. The number of rotatable bonds is 0. The van der Waals surface area contributed by atoms with Crippen molar-refractivity contribution in [3.63, 3.8) is 0 Å². The number of nitrogens with zero attached hydrogens (tertiary/aromatic N) is 4. The van der Waals surface area contributed by atoms with Crippen LogP contribution in [0.2, 0.25) is 0 Å². The van der Waals surface area contributed by atoms with Crippen LogP contribution in [0.15, 0.2) is 53.7 Å². The molecule has 0 aliphatic heterocycles. The van der Waals surface area contributed by atoms with Crippen molar-refractivity contribution in [1.29, 1.82) is 0 Å². The van der Waals surface area contributed by atoms with Gasteiger partial charge in [0.1, 0.15) is 9.53 Å². The van der Waals surface area contributed by atoms with Gasteiger partial charge in [-0.05, 0) is 43.0 Å².